The number of rotatable bonds is 4. The third-order valence-electron chi connectivity index (χ3n) is 6.59. The summed E-state index contributed by atoms with van der Waals surface area (Å²) in [6.07, 6.45) is 1.79. The number of nitrogens with zero attached hydrogens (tertiary/aromatic N) is 6. The Morgan fingerprint density at radius 2 is 1.86 bits per heavy atom. The first kappa shape index (κ1) is 23.0. The summed E-state index contributed by atoms with van der Waals surface area (Å²) >= 11 is 13.7. The highest BCUT2D eigenvalue weighted by Gasteiger charge is 2.53. The van der Waals surface area contributed by atoms with Crippen LogP contribution in [0.25, 0.3) is 10.9 Å². The number of aryl methyl sites for hydroxylation is 1. The van der Waals surface area contributed by atoms with E-state index in [2.05, 4.69) is 24.3 Å². The van der Waals surface area contributed by atoms with Gasteiger partial charge in [0.2, 0.25) is 10.4 Å². The number of hydrogen-bond acceptors (Lipinski definition) is 8. The van der Waals surface area contributed by atoms with Gasteiger partial charge in [-0.15, -0.1) is 5.10 Å². The Hall–Kier alpha value is -2.47. The quantitative estimate of drug-likeness (QED) is 0.361. The lowest BCUT2D eigenvalue weighted by Gasteiger charge is -2.42. The van der Waals surface area contributed by atoms with E-state index in [-0.39, 0.29) is 26.3 Å². The zero-order chi connectivity index (χ0) is 24.5. The molecule has 3 heterocycles. The number of fused-ring (bicyclic) bond motifs is 1. The van der Waals surface area contributed by atoms with Gasteiger partial charge in [-0.05, 0) is 49.6 Å². The molecule has 0 radical (unpaired) electrons. The molecule has 35 heavy (non-hydrogen) atoms. The Morgan fingerprint density at radius 1 is 1.11 bits per heavy atom. The second-order valence-electron chi connectivity index (χ2n) is 8.91. The Morgan fingerprint density at radius 3 is 2.51 bits per heavy atom. The lowest BCUT2D eigenvalue weighted by Crippen LogP contribution is -2.55. The van der Waals surface area contributed by atoms with Crippen molar-refractivity contribution in [2.75, 3.05) is 29.4 Å². The fourth-order valence-corrected chi connectivity index (χ4v) is 7.06. The number of benzene rings is 2. The van der Waals surface area contributed by atoms with Gasteiger partial charge < -0.3 is 9.80 Å². The van der Waals surface area contributed by atoms with E-state index >= 15 is 0 Å². The number of halogens is 3. The lowest BCUT2D eigenvalue weighted by atomic mass is 10.1. The molecular formula is C22H19Cl2FN6O2S2. The zero-order valence-electron chi connectivity index (χ0n) is 18.4. The van der Waals surface area contributed by atoms with Crippen molar-refractivity contribution in [1.82, 2.24) is 18.5 Å². The molecule has 0 atom stereocenters. The summed E-state index contributed by atoms with van der Waals surface area (Å²) in [5.41, 5.74) is 0.780. The van der Waals surface area contributed by atoms with Crippen molar-refractivity contribution in [2.45, 2.75) is 30.2 Å². The molecule has 2 aromatic heterocycles. The van der Waals surface area contributed by atoms with Crippen LogP contribution in [0.1, 0.15) is 18.4 Å². The maximum Gasteiger partial charge on any atom is 0.283 e. The normalized spacial score (nSPS) is 17.5. The van der Waals surface area contributed by atoms with Crippen LogP contribution in [0.3, 0.4) is 0 Å². The zero-order valence-corrected chi connectivity index (χ0v) is 21.6. The molecule has 0 N–H and O–H groups in total. The van der Waals surface area contributed by atoms with E-state index in [1.54, 1.807) is 12.1 Å². The Labute approximate surface area is 215 Å². The summed E-state index contributed by atoms with van der Waals surface area (Å²) in [6, 6.07) is 8.83. The average molecular weight is 553 g/mol. The predicted octanol–water partition coefficient (Wildman–Crippen LogP) is 4.74. The van der Waals surface area contributed by atoms with Crippen LogP contribution < -0.4 is 9.80 Å². The van der Waals surface area contributed by atoms with Gasteiger partial charge in [0.05, 0.1) is 26.4 Å². The highest BCUT2D eigenvalue weighted by molar-refractivity contribution is 7.90. The van der Waals surface area contributed by atoms with Crippen LogP contribution in [0, 0.1) is 12.7 Å². The van der Waals surface area contributed by atoms with Crippen LogP contribution >= 0.6 is 34.7 Å². The van der Waals surface area contributed by atoms with Gasteiger partial charge in [0.25, 0.3) is 10.0 Å². The molecule has 4 aromatic rings. The summed E-state index contributed by atoms with van der Waals surface area (Å²) in [4.78, 5) is 8.61. The van der Waals surface area contributed by atoms with Crippen molar-refractivity contribution in [1.29, 1.82) is 0 Å². The second kappa shape index (κ2) is 8.02. The van der Waals surface area contributed by atoms with Gasteiger partial charge in [-0.3, -0.25) is 0 Å². The summed E-state index contributed by atoms with van der Waals surface area (Å²) < 4.78 is 46.5. The van der Waals surface area contributed by atoms with Crippen LogP contribution in [0.5, 0.6) is 0 Å². The Balaban J connectivity index is 1.47. The van der Waals surface area contributed by atoms with Crippen LogP contribution in [-0.2, 0) is 10.0 Å². The van der Waals surface area contributed by atoms with Crippen LogP contribution in [0.4, 0.5) is 15.3 Å². The first-order chi connectivity index (χ1) is 16.7. The van der Waals surface area contributed by atoms with E-state index < -0.39 is 15.8 Å². The second-order valence-corrected chi connectivity index (χ2v) is 12.2. The molecule has 8 nitrogen and oxygen atoms in total. The van der Waals surface area contributed by atoms with E-state index in [9.17, 15) is 12.8 Å². The van der Waals surface area contributed by atoms with Crippen molar-refractivity contribution < 1.29 is 12.8 Å². The van der Waals surface area contributed by atoms with Gasteiger partial charge in [0.15, 0.2) is 5.82 Å². The monoisotopic (exact) mass is 552 g/mol. The van der Waals surface area contributed by atoms with Gasteiger partial charge in [-0.1, -0.05) is 29.3 Å². The molecule has 6 rings (SSSR count). The highest BCUT2D eigenvalue weighted by atomic mass is 35.5. The molecule has 0 amide bonds. The molecule has 1 spiro atoms. The summed E-state index contributed by atoms with van der Waals surface area (Å²) in [6.45, 7) is 3.71. The predicted molar refractivity (Wildman–Crippen MR) is 135 cm³/mol. The lowest BCUT2D eigenvalue weighted by molar-refractivity contribution is 0.504. The van der Waals surface area contributed by atoms with Gasteiger partial charge in [-0.25, -0.2) is 4.39 Å². The van der Waals surface area contributed by atoms with Gasteiger partial charge in [0.1, 0.15) is 5.82 Å². The van der Waals surface area contributed by atoms with Crippen LogP contribution in [-0.4, -0.2) is 52.1 Å². The van der Waals surface area contributed by atoms with Gasteiger partial charge in [0, 0.05) is 37.2 Å². The largest absolute Gasteiger partial charge is 0.345 e. The smallest absolute Gasteiger partial charge is 0.283 e. The molecule has 0 unspecified atom stereocenters. The minimum absolute atomic E-state index is 0.0681. The molecular weight excluding hydrogens is 534 g/mol. The summed E-state index contributed by atoms with van der Waals surface area (Å²) in [5, 5.41) is 6.07. The molecule has 2 aliphatic rings. The van der Waals surface area contributed by atoms with Crippen molar-refractivity contribution in [2.24, 2.45) is 0 Å². The minimum Gasteiger partial charge on any atom is -0.345 e. The SMILES string of the molecule is Cc1ccc(S(=O)(=O)n2nc(N3CCN(c4nc(Cl)ns4)CC34CC4)c3c(Cl)cc(F)cc32)cc1. The van der Waals surface area contributed by atoms with Crippen molar-refractivity contribution >= 4 is 66.6 Å². The van der Waals surface area contributed by atoms with Crippen molar-refractivity contribution in [3.8, 4) is 0 Å². The van der Waals surface area contributed by atoms with Crippen molar-refractivity contribution in [3.05, 3.63) is 58.1 Å². The maximum atomic E-state index is 14.4. The molecule has 13 heteroatoms. The Kier molecular flexibility index (Phi) is 5.26. The van der Waals surface area contributed by atoms with E-state index in [0.717, 1.165) is 27.6 Å². The van der Waals surface area contributed by atoms with Crippen LogP contribution in [0.15, 0.2) is 41.3 Å². The fourth-order valence-electron chi connectivity index (χ4n) is 4.67. The third kappa shape index (κ3) is 3.76. The number of hydrogen-bond donors (Lipinski definition) is 0. The number of anilines is 2. The fraction of sp³-hybridized carbons (Fsp3) is 0.318. The van der Waals surface area contributed by atoms with E-state index in [1.165, 1.54) is 35.8 Å². The number of piperazine rings is 1. The highest BCUT2D eigenvalue weighted by Crippen LogP contribution is 2.49. The van der Waals surface area contributed by atoms with E-state index in [0.29, 0.717) is 30.8 Å². The molecule has 2 fully saturated rings. The van der Waals surface area contributed by atoms with E-state index in [4.69, 9.17) is 23.2 Å². The van der Waals surface area contributed by atoms with Crippen molar-refractivity contribution in [3.63, 3.8) is 0 Å². The first-order valence-electron chi connectivity index (χ1n) is 10.9. The standard InChI is InChI=1S/C22H19Cl2FN6O2S2/c1-13-2-4-15(5-3-13)35(32,33)31-17-11-14(25)10-16(23)18(17)19(27-31)30-9-8-29(12-22(30)6-7-22)21-26-20(24)28-34-21/h2-5,10-11H,6-9,12H2,1H3. The number of aromatic nitrogens is 4. The summed E-state index contributed by atoms with van der Waals surface area (Å²) in [5.74, 6) is -0.193. The molecule has 1 aliphatic heterocycles. The summed E-state index contributed by atoms with van der Waals surface area (Å²) in [7, 11) is -4.09. The first-order valence-corrected chi connectivity index (χ1v) is 13.9. The molecule has 1 saturated heterocycles. The molecule has 2 aromatic carbocycles. The third-order valence-corrected chi connectivity index (χ3v) is 9.54. The van der Waals surface area contributed by atoms with Gasteiger partial charge >= 0.3 is 0 Å². The maximum absolute atomic E-state index is 14.4. The topological polar surface area (TPSA) is 84.2 Å². The molecule has 1 aliphatic carbocycles. The molecule has 0 bridgehead atoms. The Bertz CT molecular complexity index is 1570. The van der Waals surface area contributed by atoms with Crippen LogP contribution in [0.2, 0.25) is 10.3 Å². The van der Waals surface area contributed by atoms with Gasteiger partial charge in [-0.2, -0.15) is 21.9 Å². The van der Waals surface area contributed by atoms with E-state index in [1.807, 2.05) is 6.92 Å². The molecule has 182 valence electrons. The minimum atomic E-state index is -4.09. The average Bonchev–Trinajstić information content (AvgIpc) is 3.24. The molecule has 1 saturated carbocycles.